The minimum atomic E-state index is -0.500. The Balaban J connectivity index is 1.71. The van der Waals surface area contributed by atoms with Crippen molar-refractivity contribution in [3.63, 3.8) is 0 Å². The van der Waals surface area contributed by atoms with Gasteiger partial charge in [-0.15, -0.1) is 0 Å². The van der Waals surface area contributed by atoms with Crippen LogP contribution in [0.15, 0.2) is 48.9 Å². The standard InChI is InChI=1S/C21H14FN5O2/c1-11-6-13(29-16-5-3-2-4-15(16)22)9-25-19(11)20(28)14-10-27-21-17(14)18(24)12(7-23)8-26-21/h2-6,8-10H,1H3,(H3,24,26,27). The molecular weight excluding hydrogens is 373 g/mol. The van der Waals surface area contributed by atoms with Crippen LogP contribution < -0.4 is 10.5 Å². The summed E-state index contributed by atoms with van der Waals surface area (Å²) < 4.78 is 19.3. The number of carbonyl (C=O) groups excluding carboxylic acids is 1. The summed E-state index contributed by atoms with van der Waals surface area (Å²) in [4.78, 5) is 24.3. The Morgan fingerprint density at radius 1 is 1.28 bits per heavy atom. The molecule has 1 aromatic carbocycles. The summed E-state index contributed by atoms with van der Waals surface area (Å²) in [7, 11) is 0. The van der Waals surface area contributed by atoms with E-state index in [1.165, 1.54) is 30.7 Å². The van der Waals surface area contributed by atoms with Crippen molar-refractivity contribution in [1.29, 1.82) is 5.26 Å². The molecule has 0 fully saturated rings. The fourth-order valence-corrected chi connectivity index (χ4v) is 3.01. The van der Waals surface area contributed by atoms with Crippen molar-refractivity contribution in [3.05, 3.63) is 77.1 Å². The number of hydrogen-bond acceptors (Lipinski definition) is 6. The fraction of sp³-hybridized carbons (Fsp3) is 0.0476. The molecular formula is C21H14FN5O2. The van der Waals surface area contributed by atoms with Crippen molar-refractivity contribution in [1.82, 2.24) is 15.0 Å². The van der Waals surface area contributed by atoms with Gasteiger partial charge in [-0.25, -0.2) is 14.4 Å². The van der Waals surface area contributed by atoms with E-state index in [0.717, 1.165) is 0 Å². The van der Waals surface area contributed by atoms with E-state index in [4.69, 9.17) is 15.7 Å². The third kappa shape index (κ3) is 3.15. The zero-order valence-electron chi connectivity index (χ0n) is 15.2. The molecule has 0 saturated heterocycles. The zero-order chi connectivity index (χ0) is 20.5. The van der Waals surface area contributed by atoms with Crippen molar-refractivity contribution in [3.8, 4) is 17.6 Å². The zero-order valence-corrected chi connectivity index (χ0v) is 15.2. The average molecular weight is 387 g/mol. The summed E-state index contributed by atoms with van der Waals surface area (Å²) in [5.74, 6) is -0.515. The highest BCUT2D eigenvalue weighted by Crippen LogP contribution is 2.29. The number of nitrogen functional groups attached to an aromatic ring is 1. The lowest BCUT2D eigenvalue weighted by molar-refractivity contribution is 0.103. The number of pyridine rings is 2. The molecule has 142 valence electrons. The van der Waals surface area contributed by atoms with Gasteiger partial charge in [0, 0.05) is 12.4 Å². The molecule has 0 bridgehead atoms. The Hall–Kier alpha value is -4.25. The van der Waals surface area contributed by atoms with Gasteiger partial charge in [0.15, 0.2) is 11.6 Å². The highest BCUT2D eigenvalue weighted by atomic mass is 19.1. The first-order valence-electron chi connectivity index (χ1n) is 8.59. The monoisotopic (exact) mass is 387 g/mol. The van der Waals surface area contributed by atoms with E-state index in [2.05, 4.69) is 15.0 Å². The number of fused-ring (bicyclic) bond motifs is 1. The van der Waals surface area contributed by atoms with Crippen molar-refractivity contribution < 1.29 is 13.9 Å². The molecule has 0 aliphatic carbocycles. The molecule has 3 heterocycles. The molecule has 0 aliphatic rings. The second-order valence-electron chi connectivity index (χ2n) is 6.32. The molecule has 4 aromatic rings. The molecule has 0 amide bonds. The number of aryl methyl sites for hydroxylation is 1. The summed E-state index contributed by atoms with van der Waals surface area (Å²) in [5, 5.41) is 9.54. The largest absolute Gasteiger partial charge is 0.453 e. The summed E-state index contributed by atoms with van der Waals surface area (Å²) in [6.45, 7) is 1.70. The maximum Gasteiger partial charge on any atom is 0.213 e. The van der Waals surface area contributed by atoms with Crippen molar-refractivity contribution >= 4 is 22.5 Å². The van der Waals surface area contributed by atoms with E-state index in [1.54, 1.807) is 25.1 Å². The van der Waals surface area contributed by atoms with Gasteiger partial charge in [0.05, 0.1) is 28.4 Å². The van der Waals surface area contributed by atoms with Crippen LogP contribution in [0.4, 0.5) is 10.1 Å². The van der Waals surface area contributed by atoms with Crippen LogP contribution >= 0.6 is 0 Å². The number of ketones is 1. The van der Waals surface area contributed by atoms with Gasteiger partial charge in [-0.3, -0.25) is 4.79 Å². The number of hydrogen-bond donors (Lipinski definition) is 2. The second kappa shape index (κ2) is 7.05. The number of anilines is 1. The molecule has 0 radical (unpaired) electrons. The number of aromatic nitrogens is 3. The summed E-state index contributed by atoms with van der Waals surface area (Å²) in [6.07, 6.45) is 4.19. The first kappa shape index (κ1) is 18.1. The maximum atomic E-state index is 13.8. The quantitative estimate of drug-likeness (QED) is 0.513. The number of nitrogens with zero attached hydrogens (tertiary/aromatic N) is 3. The van der Waals surface area contributed by atoms with Crippen LogP contribution in [0, 0.1) is 24.1 Å². The Labute approximate surface area is 164 Å². The number of para-hydroxylation sites is 1. The number of nitriles is 1. The van der Waals surface area contributed by atoms with E-state index >= 15 is 0 Å². The average Bonchev–Trinajstić information content (AvgIpc) is 3.15. The van der Waals surface area contributed by atoms with Crippen LogP contribution in [0.2, 0.25) is 0 Å². The molecule has 8 heteroatoms. The molecule has 7 nitrogen and oxygen atoms in total. The normalized spacial score (nSPS) is 10.7. The van der Waals surface area contributed by atoms with Crippen LogP contribution in [0.5, 0.6) is 11.5 Å². The van der Waals surface area contributed by atoms with Crippen molar-refractivity contribution in [2.24, 2.45) is 0 Å². The molecule has 3 aromatic heterocycles. The number of aromatic amines is 1. The van der Waals surface area contributed by atoms with Gasteiger partial charge in [-0.2, -0.15) is 5.26 Å². The molecule has 3 N–H and O–H groups in total. The lowest BCUT2D eigenvalue weighted by atomic mass is 10.0. The van der Waals surface area contributed by atoms with Crippen LogP contribution in [0.3, 0.4) is 0 Å². The van der Waals surface area contributed by atoms with Gasteiger partial charge in [0.1, 0.15) is 23.2 Å². The van der Waals surface area contributed by atoms with Gasteiger partial charge in [0.25, 0.3) is 0 Å². The highest BCUT2D eigenvalue weighted by Gasteiger charge is 2.21. The topological polar surface area (TPSA) is 118 Å². The maximum absolute atomic E-state index is 13.8. The molecule has 0 spiro atoms. The Bertz CT molecular complexity index is 1310. The van der Waals surface area contributed by atoms with Crippen LogP contribution in [0.1, 0.15) is 27.2 Å². The Kier molecular flexibility index (Phi) is 4.41. The van der Waals surface area contributed by atoms with Gasteiger partial charge < -0.3 is 15.5 Å². The number of halogens is 1. The fourth-order valence-electron chi connectivity index (χ4n) is 3.01. The first-order chi connectivity index (χ1) is 14.0. The van der Waals surface area contributed by atoms with Crippen LogP contribution in [0.25, 0.3) is 11.0 Å². The lowest BCUT2D eigenvalue weighted by Crippen LogP contribution is -2.07. The lowest BCUT2D eigenvalue weighted by Gasteiger charge is -2.09. The number of ether oxygens (including phenoxy) is 1. The SMILES string of the molecule is Cc1cc(Oc2ccccc2F)cnc1C(=O)c1c[nH]c2ncc(C#N)c(N)c12. The minimum absolute atomic E-state index is 0.0623. The van der Waals surface area contributed by atoms with Gasteiger partial charge in [-0.1, -0.05) is 12.1 Å². The predicted molar refractivity (Wildman–Crippen MR) is 104 cm³/mol. The molecule has 0 aliphatic heterocycles. The van der Waals surface area contributed by atoms with Gasteiger partial charge >= 0.3 is 0 Å². The minimum Gasteiger partial charge on any atom is -0.453 e. The first-order valence-corrected chi connectivity index (χ1v) is 8.59. The molecule has 0 unspecified atom stereocenters. The molecule has 29 heavy (non-hydrogen) atoms. The van der Waals surface area contributed by atoms with E-state index in [1.807, 2.05) is 6.07 Å². The predicted octanol–water partition coefficient (Wildman–Crippen LogP) is 3.88. The number of nitrogens with two attached hydrogens (primary N) is 1. The third-order valence-electron chi connectivity index (χ3n) is 4.44. The number of H-pyrrole nitrogens is 1. The van der Waals surface area contributed by atoms with E-state index < -0.39 is 5.82 Å². The number of rotatable bonds is 4. The van der Waals surface area contributed by atoms with Crippen molar-refractivity contribution in [2.45, 2.75) is 6.92 Å². The summed E-state index contributed by atoms with van der Waals surface area (Å²) >= 11 is 0. The highest BCUT2D eigenvalue weighted by molar-refractivity contribution is 6.18. The smallest absolute Gasteiger partial charge is 0.213 e. The van der Waals surface area contributed by atoms with Crippen molar-refractivity contribution in [2.75, 3.05) is 5.73 Å². The van der Waals surface area contributed by atoms with E-state index in [-0.39, 0.29) is 34.0 Å². The summed E-state index contributed by atoms with van der Waals surface area (Å²) in [6, 6.07) is 9.56. The van der Waals surface area contributed by atoms with Crippen LogP contribution in [-0.2, 0) is 0 Å². The van der Waals surface area contributed by atoms with E-state index in [9.17, 15) is 9.18 Å². The number of benzene rings is 1. The summed E-state index contributed by atoms with van der Waals surface area (Å²) in [5.41, 5.74) is 7.81. The second-order valence-corrected chi connectivity index (χ2v) is 6.32. The Morgan fingerprint density at radius 3 is 2.79 bits per heavy atom. The number of carbonyl (C=O) groups is 1. The Morgan fingerprint density at radius 2 is 2.07 bits per heavy atom. The van der Waals surface area contributed by atoms with Crippen LogP contribution in [-0.4, -0.2) is 20.7 Å². The van der Waals surface area contributed by atoms with Gasteiger partial charge in [-0.05, 0) is 30.7 Å². The molecule has 0 saturated carbocycles. The third-order valence-corrected chi connectivity index (χ3v) is 4.44. The molecule has 0 atom stereocenters. The molecule has 4 rings (SSSR count). The number of nitrogens with one attached hydrogen (secondary N) is 1. The van der Waals surface area contributed by atoms with Gasteiger partial charge in [0.2, 0.25) is 5.78 Å². The van der Waals surface area contributed by atoms with E-state index in [0.29, 0.717) is 22.3 Å².